The lowest BCUT2D eigenvalue weighted by atomic mass is 9.95. The first-order chi connectivity index (χ1) is 19.5. The Bertz CT molecular complexity index is 1130. The maximum absolute atomic E-state index is 13.1. The number of nitro groups is 1. The molecular formula is C33H44N2O5. The topological polar surface area (TPSA) is 101 Å². The third-order valence-corrected chi connectivity index (χ3v) is 7.76. The highest BCUT2D eigenvalue weighted by Gasteiger charge is 2.45. The first-order valence-corrected chi connectivity index (χ1v) is 15.0. The summed E-state index contributed by atoms with van der Waals surface area (Å²) in [5.74, 6) is -1.66. The van der Waals surface area contributed by atoms with Gasteiger partial charge in [-0.25, -0.2) is 0 Å². The number of Topliss-reactive ketones (excluding diaryl/α,β-unsaturated/α-hetero) is 1. The van der Waals surface area contributed by atoms with Crippen molar-refractivity contribution >= 4 is 23.1 Å². The fraction of sp³-hybridized carbons (Fsp3) is 0.515. The van der Waals surface area contributed by atoms with Crippen molar-refractivity contribution in [1.82, 2.24) is 4.90 Å². The highest BCUT2D eigenvalue weighted by Crippen LogP contribution is 2.39. The minimum Gasteiger partial charge on any atom is -0.507 e. The molecule has 0 spiro atoms. The third kappa shape index (κ3) is 8.77. The van der Waals surface area contributed by atoms with Crippen molar-refractivity contribution in [2.45, 2.75) is 103 Å². The lowest BCUT2D eigenvalue weighted by Crippen LogP contribution is -2.30. The first-order valence-electron chi connectivity index (χ1n) is 15.0. The van der Waals surface area contributed by atoms with Gasteiger partial charge in [0.2, 0.25) is 0 Å². The highest BCUT2D eigenvalue weighted by atomic mass is 16.6. The zero-order valence-electron chi connectivity index (χ0n) is 23.9. The largest absolute Gasteiger partial charge is 0.507 e. The predicted octanol–water partition coefficient (Wildman–Crippen LogP) is 8.50. The summed E-state index contributed by atoms with van der Waals surface area (Å²) >= 11 is 0. The van der Waals surface area contributed by atoms with Crippen LogP contribution >= 0.6 is 0 Å². The van der Waals surface area contributed by atoms with E-state index in [-0.39, 0.29) is 22.6 Å². The van der Waals surface area contributed by atoms with Crippen molar-refractivity contribution in [2.24, 2.45) is 0 Å². The Morgan fingerprint density at radius 1 is 0.775 bits per heavy atom. The molecule has 3 rings (SSSR count). The number of aliphatic hydroxyl groups excluding tert-OH is 1. The van der Waals surface area contributed by atoms with Crippen LogP contribution in [0.25, 0.3) is 5.76 Å². The standard InChI is InChI=1S/C33H44N2O5/c1-2-3-4-5-6-7-8-9-10-11-12-13-14-18-25-34-30(26-19-16-15-17-20-26)29(32(37)33(34)38)31(36)27-21-23-28(24-22-27)35(39)40/h15-17,19-24,30,36H,2-14,18,25H2,1H3/t30-/m0/s1. The number of rotatable bonds is 18. The molecule has 0 aliphatic carbocycles. The van der Waals surface area contributed by atoms with Gasteiger partial charge in [-0.15, -0.1) is 0 Å². The molecule has 7 heteroatoms. The van der Waals surface area contributed by atoms with E-state index in [1.165, 1.54) is 94.9 Å². The van der Waals surface area contributed by atoms with Gasteiger partial charge in [0.1, 0.15) is 5.76 Å². The van der Waals surface area contributed by atoms with Gasteiger partial charge >= 0.3 is 0 Å². The Labute approximate surface area is 238 Å². The minimum atomic E-state index is -0.727. The van der Waals surface area contributed by atoms with Crippen LogP contribution in [-0.2, 0) is 9.59 Å². The summed E-state index contributed by atoms with van der Waals surface area (Å²) in [4.78, 5) is 38.3. The summed E-state index contributed by atoms with van der Waals surface area (Å²) in [7, 11) is 0. The Kier molecular flexibility index (Phi) is 12.9. The molecule has 216 valence electrons. The SMILES string of the molecule is CCCCCCCCCCCCCCCCN1C(=O)C(=O)C(=C(O)c2ccc([N+](=O)[O-])cc2)[C@@H]1c1ccccc1. The maximum atomic E-state index is 13.1. The van der Waals surface area contributed by atoms with Gasteiger partial charge < -0.3 is 10.0 Å². The number of ketones is 1. The number of unbranched alkanes of at least 4 members (excludes halogenated alkanes) is 13. The van der Waals surface area contributed by atoms with E-state index in [1.54, 1.807) is 4.90 Å². The van der Waals surface area contributed by atoms with Gasteiger partial charge in [0.25, 0.3) is 17.4 Å². The molecule has 1 heterocycles. The van der Waals surface area contributed by atoms with Gasteiger partial charge in [-0.05, 0) is 24.1 Å². The van der Waals surface area contributed by atoms with E-state index < -0.39 is 22.7 Å². The van der Waals surface area contributed by atoms with Crippen molar-refractivity contribution in [2.75, 3.05) is 6.54 Å². The maximum Gasteiger partial charge on any atom is 0.295 e. The number of hydrogen-bond acceptors (Lipinski definition) is 5. The van der Waals surface area contributed by atoms with Crippen molar-refractivity contribution < 1.29 is 19.6 Å². The van der Waals surface area contributed by atoms with Gasteiger partial charge in [0.15, 0.2) is 0 Å². The molecule has 1 aliphatic heterocycles. The van der Waals surface area contributed by atoms with Crippen molar-refractivity contribution in [1.29, 1.82) is 0 Å². The number of nitrogens with zero attached hydrogens (tertiary/aromatic N) is 2. The third-order valence-electron chi connectivity index (χ3n) is 7.76. The summed E-state index contributed by atoms with van der Waals surface area (Å²) in [5.41, 5.74) is 0.918. The number of amides is 1. The van der Waals surface area contributed by atoms with Gasteiger partial charge in [0, 0.05) is 24.2 Å². The number of carbonyl (C=O) groups is 2. The van der Waals surface area contributed by atoms with Crippen LogP contribution in [0.4, 0.5) is 5.69 Å². The zero-order chi connectivity index (χ0) is 28.7. The molecular weight excluding hydrogens is 504 g/mol. The van der Waals surface area contributed by atoms with E-state index in [0.717, 1.165) is 24.8 Å². The summed E-state index contributed by atoms with van der Waals surface area (Å²) in [6.07, 6.45) is 17.3. The molecule has 0 saturated carbocycles. The number of aliphatic hydroxyl groups is 1. The second kappa shape index (κ2) is 16.6. The molecule has 1 saturated heterocycles. The molecule has 0 radical (unpaired) electrons. The Morgan fingerprint density at radius 3 is 1.77 bits per heavy atom. The molecule has 40 heavy (non-hydrogen) atoms. The Morgan fingerprint density at radius 2 is 1.27 bits per heavy atom. The fourth-order valence-corrected chi connectivity index (χ4v) is 5.47. The zero-order valence-corrected chi connectivity index (χ0v) is 23.9. The molecule has 0 unspecified atom stereocenters. The molecule has 2 aromatic carbocycles. The highest BCUT2D eigenvalue weighted by molar-refractivity contribution is 6.46. The molecule has 1 amide bonds. The van der Waals surface area contributed by atoms with Crippen LogP contribution < -0.4 is 0 Å². The second-order valence-corrected chi connectivity index (χ2v) is 10.8. The number of nitro benzene ring substituents is 1. The molecule has 1 aliphatic rings. The molecule has 1 atom stereocenters. The molecule has 0 aromatic heterocycles. The minimum absolute atomic E-state index is 0.0235. The van der Waals surface area contributed by atoms with Crippen molar-refractivity contribution in [3.63, 3.8) is 0 Å². The molecule has 0 bridgehead atoms. The van der Waals surface area contributed by atoms with Crippen LogP contribution in [0.1, 0.15) is 114 Å². The van der Waals surface area contributed by atoms with Gasteiger partial charge in [-0.1, -0.05) is 121 Å². The monoisotopic (exact) mass is 548 g/mol. The van der Waals surface area contributed by atoms with Crippen molar-refractivity contribution in [3.8, 4) is 0 Å². The summed E-state index contributed by atoms with van der Waals surface area (Å²) in [5, 5.41) is 22.1. The van der Waals surface area contributed by atoms with E-state index in [4.69, 9.17) is 0 Å². The Balaban J connectivity index is 1.53. The summed E-state index contributed by atoms with van der Waals surface area (Å²) < 4.78 is 0. The number of carbonyl (C=O) groups excluding carboxylic acids is 2. The van der Waals surface area contributed by atoms with E-state index in [0.29, 0.717) is 6.54 Å². The lowest BCUT2D eigenvalue weighted by molar-refractivity contribution is -0.384. The predicted molar refractivity (Wildman–Crippen MR) is 159 cm³/mol. The molecule has 7 nitrogen and oxygen atoms in total. The average molecular weight is 549 g/mol. The summed E-state index contributed by atoms with van der Waals surface area (Å²) in [6, 6.07) is 13.9. The van der Waals surface area contributed by atoms with Gasteiger partial charge in [-0.3, -0.25) is 19.7 Å². The quantitative estimate of drug-likeness (QED) is 0.0502. The van der Waals surface area contributed by atoms with Crippen molar-refractivity contribution in [3.05, 3.63) is 81.4 Å². The van der Waals surface area contributed by atoms with Crippen LogP contribution in [0.2, 0.25) is 0 Å². The smallest absolute Gasteiger partial charge is 0.295 e. The molecule has 1 fully saturated rings. The Hall–Kier alpha value is -3.48. The second-order valence-electron chi connectivity index (χ2n) is 10.8. The lowest BCUT2D eigenvalue weighted by Gasteiger charge is -2.25. The van der Waals surface area contributed by atoms with E-state index >= 15 is 0 Å². The van der Waals surface area contributed by atoms with E-state index in [2.05, 4.69) is 6.92 Å². The number of likely N-dealkylation sites (tertiary alicyclic amines) is 1. The number of non-ortho nitro benzene ring substituents is 1. The summed E-state index contributed by atoms with van der Waals surface area (Å²) in [6.45, 7) is 2.68. The molecule has 2 aromatic rings. The first kappa shape index (κ1) is 31.1. The van der Waals surface area contributed by atoms with Gasteiger partial charge in [0.05, 0.1) is 16.5 Å². The van der Waals surface area contributed by atoms with Crippen LogP contribution in [0, 0.1) is 10.1 Å². The van der Waals surface area contributed by atoms with Crippen LogP contribution in [0.15, 0.2) is 60.2 Å². The van der Waals surface area contributed by atoms with E-state index in [1.807, 2.05) is 30.3 Å². The van der Waals surface area contributed by atoms with Crippen LogP contribution in [0.5, 0.6) is 0 Å². The average Bonchev–Trinajstić information content (AvgIpc) is 3.22. The fourth-order valence-electron chi connectivity index (χ4n) is 5.47. The van der Waals surface area contributed by atoms with Crippen LogP contribution in [0.3, 0.4) is 0 Å². The van der Waals surface area contributed by atoms with Crippen LogP contribution in [-0.4, -0.2) is 33.2 Å². The normalized spacial score (nSPS) is 16.5. The number of hydrogen-bond donors (Lipinski definition) is 1. The molecule has 1 N–H and O–H groups in total. The van der Waals surface area contributed by atoms with E-state index in [9.17, 15) is 24.8 Å². The number of benzene rings is 2. The van der Waals surface area contributed by atoms with Gasteiger partial charge in [-0.2, -0.15) is 0 Å².